The van der Waals surface area contributed by atoms with E-state index in [9.17, 15) is 0 Å². The van der Waals surface area contributed by atoms with E-state index in [2.05, 4.69) is 16.3 Å². The second kappa shape index (κ2) is 6.80. The number of nitrogens with zero attached hydrogens (tertiary/aromatic N) is 3. The van der Waals surface area contributed by atoms with Crippen LogP contribution < -0.4 is 4.74 Å². The summed E-state index contributed by atoms with van der Waals surface area (Å²) in [5.74, 6) is 1.37. The highest BCUT2D eigenvalue weighted by Crippen LogP contribution is 2.30. The van der Waals surface area contributed by atoms with Gasteiger partial charge in [0.1, 0.15) is 11.8 Å². The summed E-state index contributed by atoms with van der Waals surface area (Å²) in [6.45, 7) is 0. The summed E-state index contributed by atoms with van der Waals surface area (Å²) in [6.07, 6.45) is 1.98. The Morgan fingerprint density at radius 3 is 2.79 bits per heavy atom. The number of nitriles is 1. The number of benzene rings is 1. The van der Waals surface area contributed by atoms with E-state index in [1.54, 1.807) is 42.0 Å². The third kappa shape index (κ3) is 3.62. The molecule has 1 aromatic carbocycles. The minimum absolute atomic E-state index is 0.558. The molecule has 0 saturated carbocycles. The molecule has 1 heterocycles. The van der Waals surface area contributed by atoms with E-state index >= 15 is 0 Å². The van der Waals surface area contributed by atoms with E-state index in [1.807, 2.05) is 24.5 Å². The molecule has 0 unspecified atom stereocenters. The van der Waals surface area contributed by atoms with E-state index in [0.717, 1.165) is 20.0 Å². The third-order valence-corrected chi connectivity index (χ3v) is 5.41. The second-order valence-corrected chi connectivity index (χ2v) is 6.73. The van der Waals surface area contributed by atoms with Gasteiger partial charge in [0, 0.05) is 5.75 Å². The van der Waals surface area contributed by atoms with Gasteiger partial charge in [-0.15, -0.1) is 10.2 Å². The predicted octanol–water partition coefficient (Wildman–Crippen LogP) is 3.43. The summed E-state index contributed by atoms with van der Waals surface area (Å²) in [4.78, 5) is 0. The number of aromatic nitrogens is 2. The molecule has 0 saturated heterocycles. The van der Waals surface area contributed by atoms with E-state index < -0.39 is 0 Å². The number of rotatable bonds is 5. The van der Waals surface area contributed by atoms with Crippen LogP contribution in [0.25, 0.3) is 0 Å². The topological polar surface area (TPSA) is 58.8 Å². The molecule has 0 radical (unpaired) electrons. The van der Waals surface area contributed by atoms with Crippen molar-refractivity contribution < 1.29 is 4.74 Å². The van der Waals surface area contributed by atoms with E-state index in [-0.39, 0.29) is 0 Å². The van der Waals surface area contributed by atoms with Crippen molar-refractivity contribution >= 4 is 34.9 Å². The predicted molar refractivity (Wildman–Crippen MR) is 79.0 cm³/mol. The molecule has 0 N–H and O–H groups in total. The lowest BCUT2D eigenvalue weighted by Gasteiger charge is -2.04. The first-order chi connectivity index (χ1) is 9.26. The number of hydrogen-bond donors (Lipinski definition) is 0. The fraction of sp³-hybridized carbons (Fsp3) is 0.250. The molecule has 0 bridgehead atoms. The maximum Gasteiger partial charge on any atom is 0.175 e. The van der Waals surface area contributed by atoms with Crippen LogP contribution in [0.2, 0.25) is 0 Å². The van der Waals surface area contributed by atoms with Crippen molar-refractivity contribution in [1.82, 2.24) is 10.2 Å². The number of ether oxygens (including phenoxy) is 1. The molecular weight excluding hydrogens is 298 g/mol. The fourth-order valence-corrected chi connectivity index (χ4v) is 3.80. The van der Waals surface area contributed by atoms with E-state index in [4.69, 9.17) is 10.00 Å². The molecule has 19 heavy (non-hydrogen) atoms. The summed E-state index contributed by atoms with van der Waals surface area (Å²) in [6, 6.07) is 7.77. The van der Waals surface area contributed by atoms with Crippen LogP contribution in [0.4, 0.5) is 0 Å². The van der Waals surface area contributed by atoms with Gasteiger partial charge in [-0.25, -0.2) is 0 Å². The molecule has 0 amide bonds. The van der Waals surface area contributed by atoms with Crippen LogP contribution in [-0.4, -0.2) is 23.6 Å². The van der Waals surface area contributed by atoms with Gasteiger partial charge in [-0.2, -0.15) is 5.26 Å². The van der Waals surface area contributed by atoms with Crippen molar-refractivity contribution in [2.24, 2.45) is 0 Å². The maximum atomic E-state index is 9.03. The molecule has 0 aliphatic heterocycles. The van der Waals surface area contributed by atoms with Crippen molar-refractivity contribution in [3.63, 3.8) is 0 Å². The Morgan fingerprint density at radius 2 is 2.16 bits per heavy atom. The first kappa shape index (κ1) is 14.2. The highest BCUT2D eigenvalue weighted by Gasteiger charge is 2.07. The molecule has 0 aliphatic carbocycles. The van der Waals surface area contributed by atoms with Gasteiger partial charge in [0.25, 0.3) is 0 Å². The Balaban J connectivity index is 2.05. The lowest BCUT2D eigenvalue weighted by atomic mass is 10.1. The van der Waals surface area contributed by atoms with Crippen molar-refractivity contribution in [2.45, 2.75) is 14.4 Å². The van der Waals surface area contributed by atoms with Crippen LogP contribution in [0.3, 0.4) is 0 Å². The molecule has 98 valence electrons. The van der Waals surface area contributed by atoms with E-state index in [0.29, 0.717) is 11.3 Å². The van der Waals surface area contributed by atoms with Gasteiger partial charge in [0.15, 0.2) is 8.68 Å². The Bertz CT molecular complexity index is 607. The molecule has 7 heteroatoms. The minimum Gasteiger partial charge on any atom is -0.495 e. The molecule has 0 aliphatic rings. The van der Waals surface area contributed by atoms with Gasteiger partial charge >= 0.3 is 0 Å². The fourth-order valence-electron chi connectivity index (χ4n) is 1.42. The number of methoxy groups -OCH3 is 1. The Hall–Kier alpha value is -1.23. The average Bonchev–Trinajstić information content (AvgIpc) is 2.92. The molecule has 0 atom stereocenters. The quantitative estimate of drug-likeness (QED) is 0.789. The number of thioether (sulfide) groups is 2. The second-order valence-electron chi connectivity index (χ2n) is 3.47. The Labute approximate surface area is 124 Å². The highest BCUT2D eigenvalue weighted by molar-refractivity contribution is 8.02. The van der Waals surface area contributed by atoms with Crippen molar-refractivity contribution in [1.29, 1.82) is 5.26 Å². The molecular formula is C12H11N3OS3. The Morgan fingerprint density at radius 1 is 1.37 bits per heavy atom. The lowest BCUT2D eigenvalue weighted by molar-refractivity contribution is 0.413. The molecule has 0 fully saturated rings. The zero-order valence-electron chi connectivity index (χ0n) is 10.4. The summed E-state index contributed by atoms with van der Waals surface area (Å²) >= 11 is 4.80. The lowest BCUT2D eigenvalue weighted by Crippen LogP contribution is -1.90. The standard InChI is InChI=1S/C12H11N3OS3/c1-16-10-4-3-8(5-9(10)6-13)7-18-12-15-14-11(17-2)19-12/h3-5H,7H2,1-2H3. The zero-order valence-corrected chi connectivity index (χ0v) is 12.9. The van der Waals surface area contributed by atoms with Crippen LogP contribution in [-0.2, 0) is 5.75 Å². The van der Waals surface area contributed by atoms with Gasteiger partial charge in [0.05, 0.1) is 12.7 Å². The largest absolute Gasteiger partial charge is 0.495 e. The summed E-state index contributed by atoms with van der Waals surface area (Å²) in [5.41, 5.74) is 1.63. The SMILES string of the molecule is COc1ccc(CSc2nnc(SC)s2)cc1C#N. The van der Waals surface area contributed by atoms with Crippen LogP contribution in [0.15, 0.2) is 26.9 Å². The normalized spacial score (nSPS) is 10.2. The van der Waals surface area contributed by atoms with Gasteiger partial charge in [-0.3, -0.25) is 0 Å². The summed E-state index contributed by atoms with van der Waals surface area (Å²) < 4.78 is 7.03. The van der Waals surface area contributed by atoms with Crippen molar-refractivity contribution in [2.75, 3.05) is 13.4 Å². The van der Waals surface area contributed by atoms with Gasteiger partial charge in [0.2, 0.25) is 0 Å². The third-order valence-electron chi connectivity index (χ3n) is 2.31. The first-order valence-corrected chi connectivity index (χ1v) is 8.37. The first-order valence-electron chi connectivity index (χ1n) is 5.34. The van der Waals surface area contributed by atoms with Gasteiger partial charge in [-0.05, 0) is 24.0 Å². The molecule has 2 rings (SSSR count). The molecule has 4 nitrogen and oxygen atoms in total. The van der Waals surface area contributed by atoms with Crippen LogP contribution in [0, 0.1) is 11.3 Å². The summed E-state index contributed by atoms with van der Waals surface area (Å²) in [7, 11) is 1.57. The minimum atomic E-state index is 0.558. The molecule has 0 spiro atoms. The molecule has 1 aromatic heterocycles. The van der Waals surface area contributed by atoms with Crippen LogP contribution in [0.5, 0.6) is 5.75 Å². The van der Waals surface area contributed by atoms with E-state index in [1.165, 1.54) is 0 Å². The van der Waals surface area contributed by atoms with Crippen LogP contribution in [0.1, 0.15) is 11.1 Å². The van der Waals surface area contributed by atoms with Gasteiger partial charge < -0.3 is 4.74 Å². The Kier molecular flexibility index (Phi) is 5.07. The number of hydrogen-bond acceptors (Lipinski definition) is 7. The van der Waals surface area contributed by atoms with Crippen LogP contribution >= 0.6 is 34.9 Å². The molecule has 2 aromatic rings. The highest BCUT2D eigenvalue weighted by atomic mass is 32.2. The van der Waals surface area contributed by atoms with Crippen molar-refractivity contribution in [3.05, 3.63) is 29.3 Å². The average molecular weight is 309 g/mol. The maximum absolute atomic E-state index is 9.03. The van der Waals surface area contributed by atoms with Gasteiger partial charge in [-0.1, -0.05) is 40.9 Å². The monoisotopic (exact) mass is 309 g/mol. The zero-order chi connectivity index (χ0) is 13.7. The van der Waals surface area contributed by atoms with Crippen molar-refractivity contribution in [3.8, 4) is 11.8 Å². The summed E-state index contributed by atoms with van der Waals surface area (Å²) in [5, 5.41) is 17.2. The smallest absolute Gasteiger partial charge is 0.175 e.